The van der Waals surface area contributed by atoms with Gasteiger partial charge in [-0.2, -0.15) is 4.37 Å². The lowest BCUT2D eigenvalue weighted by molar-refractivity contribution is -0.0857. The number of piperazine rings is 1. The highest BCUT2D eigenvalue weighted by molar-refractivity contribution is 14.0. The number of nitrogens with one attached hydrogen (secondary N) is 1. The van der Waals surface area contributed by atoms with E-state index < -0.39 is 0 Å². The van der Waals surface area contributed by atoms with Crippen molar-refractivity contribution in [3.63, 3.8) is 0 Å². The van der Waals surface area contributed by atoms with Gasteiger partial charge in [0.05, 0.1) is 5.60 Å². The van der Waals surface area contributed by atoms with Crippen LogP contribution in [0.5, 0.6) is 0 Å². The third kappa shape index (κ3) is 5.64. The van der Waals surface area contributed by atoms with Crippen LogP contribution < -0.4 is 10.2 Å². The Bertz CT molecular complexity index is 600. The van der Waals surface area contributed by atoms with Crippen LogP contribution in [0.4, 0.5) is 5.13 Å². The molecule has 0 amide bonds. The predicted octanol–water partition coefficient (Wildman–Crippen LogP) is 1.61. The van der Waals surface area contributed by atoms with Crippen molar-refractivity contribution in [2.75, 3.05) is 65.0 Å². The summed E-state index contributed by atoms with van der Waals surface area (Å²) in [6, 6.07) is 0. The summed E-state index contributed by atoms with van der Waals surface area (Å²) in [5.74, 6) is 1.88. The van der Waals surface area contributed by atoms with E-state index in [2.05, 4.69) is 36.4 Å². The molecule has 0 aromatic carbocycles. The largest absolute Gasteiger partial charge is 0.381 e. The highest BCUT2D eigenvalue weighted by atomic mass is 127. The molecule has 10 heteroatoms. The molecule has 0 saturated carbocycles. The second-order valence-electron chi connectivity index (χ2n) is 6.72. The number of aromatic nitrogens is 2. The van der Waals surface area contributed by atoms with E-state index in [0.717, 1.165) is 82.1 Å². The summed E-state index contributed by atoms with van der Waals surface area (Å²) in [6.07, 6.45) is 2.72. The summed E-state index contributed by atoms with van der Waals surface area (Å²) in [5.41, 5.74) is -0.154. The Balaban J connectivity index is 0.00000261. The topological polar surface area (TPSA) is 75.1 Å². The fourth-order valence-corrected chi connectivity index (χ4v) is 4.20. The number of aryl methyl sites for hydroxylation is 1. The molecule has 0 aliphatic carbocycles. The minimum atomic E-state index is -0.154. The first kappa shape index (κ1) is 22.6. The number of halogens is 1. The van der Waals surface area contributed by atoms with Crippen LogP contribution in [-0.4, -0.2) is 85.9 Å². The quantitative estimate of drug-likeness (QED) is 0.367. The van der Waals surface area contributed by atoms with Gasteiger partial charge in [-0.3, -0.25) is 4.99 Å². The molecule has 0 radical (unpaired) electrons. The molecule has 1 aromatic rings. The average Bonchev–Trinajstić information content (AvgIpc) is 3.19. The van der Waals surface area contributed by atoms with Gasteiger partial charge in [0.25, 0.3) is 0 Å². The van der Waals surface area contributed by atoms with E-state index in [9.17, 15) is 0 Å². The Hall–Kier alpha value is -0.720. The van der Waals surface area contributed by atoms with Gasteiger partial charge in [-0.05, 0) is 0 Å². The van der Waals surface area contributed by atoms with Gasteiger partial charge in [0.2, 0.25) is 5.13 Å². The van der Waals surface area contributed by atoms with Crippen LogP contribution >= 0.6 is 35.5 Å². The van der Waals surface area contributed by atoms with Crippen molar-refractivity contribution in [3.8, 4) is 0 Å². The number of hydrogen-bond acceptors (Lipinski definition) is 7. The van der Waals surface area contributed by atoms with Crippen LogP contribution in [0.1, 0.15) is 25.6 Å². The standard InChI is InChI=1S/C17H30N6O2S.HI/c1-4-14-20-16(26-21-14)23-9-7-22(8-10-23)15(18-2)19-13-17(24-3)5-11-25-12-6-17;/h4-13H2,1-3H3,(H,18,19);1H. The van der Waals surface area contributed by atoms with E-state index in [-0.39, 0.29) is 29.6 Å². The van der Waals surface area contributed by atoms with E-state index in [0.29, 0.717) is 0 Å². The van der Waals surface area contributed by atoms with Gasteiger partial charge < -0.3 is 24.6 Å². The number of aliphatic imine (C=N–C) groups is 1. The van der Waals surface area contributed by atoms with Crippen molar-refractivity contribution in [3.05, 3.63) is 5.82 Å². The Morgan fingerprint density at radius 1 is 1.30 bits per heavy atom. The smallest absolute Gasteiger partial charge is 0.205 e. The van der Waals surface area contributed by atoms with Crippen molar-refractivity contribution in [2.45, 2.75) is 31.8 Å². The van der Waals surface area contributed by atoms with Gasteiger partial charge in [0.1, 0.15) is 5.82 Å². The van der Waals surface area contributed by atoms with Crippen LogP contribution in [0.15, 0.2) is 4.99 Å². The highest BCUT2D eigenvalue weighted by Crippen LogP contribution is 2.24. The zero-order valence-electron chi connectivity index (χ0n) is 16.4. The maximum Gasteiger partial charge on any atom is 0.205 e. The number of methoxy groups -OCH3 is 1. The van der Waals surface area contributed by atoms with Crippen LogP contribution in [0.2, 0.25) is 0 Å². The predicted molar refractivity (Wildman–Crippen MR) is 120 cm³/mol. The molecule has 2 aliphatic rings. The molecular formula is C17H31IN6O2S. The van der Waals surface area contributed by atoms with E-state index in [4.69, 9.17) is 9.47 Å². The zero-order chi connectivity index (χ0) is 18.4. The minimum Gasteiger partial charge on any atom is -0.381 e. The first-order valence-corrected chi connectivity index (χ1v) is 10.1. The van der Waals surface area contributed by atoms with E-state index in [1.807, 2.05) is 7.05 Å². The number of guanidine groups is 1. The molecular weight excluding hydrogens is 479 g/mol. The van der Waals surface area contributed by atoms with Gasteiger partial charge in [-0.25, -0.2) is 4.98 Å². The van der Waals surface area contributed by atoms with Crippen molar-refractivity contribution < 1.29 is 9.47 Å². The third-order valence-corrected chi connectivity index (χ3v) is 6.06. The van der Waals surface area contributed by atoms with Gasteiger partial charge in [-0.1, -0.05) is 6.92 Å². The fraction of sp³-hybridized carbons (Fsp3) is 0.824. The van der Waals surface area contributed by atoms with Gasteiger partial charge in [-0.15, -0.1) is 24.0 Å². The summed E-state index contributed by atoms with van der Waals surface area (Å²) in [6.45, 7) is 8.07. The van der Waals surface area contributed by atoms with Crippen LogP contribution in [-0.2, 0) is 15.9 Å². The van der Waals surface area contributed by atoms with Crippen LogP contribution in [0.3, 0.4) is 0 Å². The molecule has 3 heterocycles. The molecule has 2 fully saturated rings. The number of hydrogen-bond donors (Lipinski definition) is 1. The Kier molecular flexibility index (Phi) is 8.96. The number of rotatable bonds is 5. The lowest BCUT2D eigenvalue weighted by Gasteiger charge is -2.39. The van der Waals surface area contributed by atoms with Gasteiger partial charge >= 0.3 is 0 Å². The first-order chi connectivity index (χ1) is 12.7. The zero-order valence-corrected chi connectivity index (χ0v) is 19.6. The number of ether oxygens (including phenoxy) is 2. The molecule has 0 unspecified atom stereocenters. The summed E-state index contributed by atoms with van der Waals surface area (Å²) in [4.78, 5) is 13.7. The fourth-order valence-electron chi connectivity index (χ4n) is 3.40. The normalized spacial score (nSPS) is 20.3. The molecule has 0 spiro atoms. The molecule has 1 N–H and O–H groups in total. The third-order valence-electron chi connectivity index (χ3n) is 5.24. The summed E-state index contributed by atoms with van der Waals surface area (Å²) in [7, 11) is 3.64. The first-order valence-electron chi connectivity index (χ1n) is 9.36. The maximum absolute atomic E-state index is 5.81. The van der Waals surface area contributed by atoms with Crippen molar-refractivity contribution in [1.82, 2.24) is 19.6 Å². The SMILES string of the molecule is CCc1nsc(N2CCN(C(=NC)NCC3(OC)CCOCC3)CC2)n1.I. The van der Waals surface area contributed by atoms with Crippen LogP contribution in [0.25, 0.3) is 0 Å². The van der Waals surface area contributed by atoms with E-state index >= 15 is 0 Å². The number of nitrogens with zero attached hydrogens (tertiary/aromatic N) is 5. The molecule has 2 saturated heterocycles. The molecule has 3 rings (SSSR count). The summed E-state index contributed by atoms with van der Waals surface area (Å²) < 4.78 is 15.7. The molecule has 8 nitrogen and oxygen atoms in total. The molecule has 27 heavy (non-hydrogen) atoms. The number of anilines is 1. The Morgan fingerprint density at radius 2 is 2.00 bits per heavy atom. The maximum atomic E-state index is 5.81. The van der Waals surface area contributed by atoms with Crippen molar-refractivity contribution >= 4 is 46.6 Å². The lowest BCUT2D eigenvalue weighted by atomic mass is 9.94. The molecule has 154 valence electrons. The monoisotopic (exact) mass is 510 g/mol. The molecule has 0 atom stereocenters. The molecule has 2 aliphatic heterocycles. The molecule has 0 bridgehead atoms. The summed E-state index contributed by atoms with van der Waals surface area (Å²) >= 11 is 1.50. The van der Waals surface area contributed by atoms with Gasteiger partial charge in [0.15, 0.2) is 5.96 Å². The second-order valence-corrected chi connectivity index (χ2v) is 7.45. The molecule has 1 aromatic heterocycles. The van der Waals surface area contributed by atoms with E-state index in [1.54, 1.807) is 7.11 Å². The Labute approximate surface area is 182 Å². The van der Waals surface area contributed by atoms with E-state index in [1.165, 1.54) is 11.5 Å². The average molecular weight is 510 g/mol. The lowest BCUT2D eigenvalue weighted by Crippen LogP contribution is -2.56. The summed E-state index contributed by atoms with van der Waals surface area (Å²) in [5, 5.41) is 4.55. The highest BCUT2D eigenvalue weighted by Gasteiger charge is 2.33. The van der Waals surface area contributed by atoms with Gasteiger partial charge in [0, 0.05) is 90.9 Å². The Morgan fingerprint density at radius 3 is 2.56 bits per heavy atom. The minimum absolute atomic E-state index is 0. The second kappa shape index (κ2) is 10.7. The van der Waals surface area contributed by atoms with Crippen LogP contribution in [0, 0.1) is 0 Å². The van der Waals surface area contributed by atoms with Crippen molar-refractivity contribution in [2.24, 2.45) is 4.99 Å². The van der Waals surface area contributed by atoms with Crippen molar-refractivity contribution in [1.29, 1.82) is 0 Å².